The van der Waals surface area contributed by atoms with Crippen molar-refractivity contribution in [3.63, 3.8) is 0 Å². The fourth-order valence-electron chi connectivity index (χ4n) is 1.15. The second-order valence-electron chi connectivity index (χ2n) is 3.16. The van der Waals surface area contributed by atoms with Crippen molar-refractivity contribution in [2.75, 3.05) is 6.26 Å². The SMILES string of the molecule is CCCc1cc(Cl)nc(S(C)(=O)=O)c1. The monoisotopic (exact) mass is 233 g/mol. The first-order chi connectivity index (χ1) is 6.43. The highest BCUT2D eigenvalue weighted by Crippen LogP contribution is 2.15. The van der Waals surface area contributed by atoms with Crippen LogP contribution >= 0.6 is 11.6 Å². The molecule has 0 N–H and O–H groups in total. The molecule has 1 heterocycles. The molecule has 0 saturated carbocycles. The van der Waals surface area contributed by atoms with Crippen molar-refractivity contribution in [3.05, 3.63) is 22.8 Å². The predicted molar refractivity (Wildman–Crippen MR) is 56.4 cm³/mol. The van der Waals surface area contributed by atoms with Crippen molar-refractivity contribution < 1.29 is 8.42 Å². The van der Waals surface area contributed by atoms with E-state index in [-0.39, 0.29) is 10.2 Å². The molecule has 0 aliphatic heterocycles. The Labute approximate surface area is 89.0 Å². The zero-order valence-electron chi connectivity index (χ0n) is 8.12. The van der Waals surface area contributed by atoms with Crippen LogP contribution < -0.4 is 0 Å². The van der Waals surface area contributed by atoms with Gasteiger partial charge in [0, 0.05) is 6.26 Å². The second-order valence-corrected chi connectivity index (χ2v) is 5.51. The van der Waals surface area contributed by atoms with E-state index < -0.39 is 9.84 Å². The van der Waals surface area contributed by atoms with E-state index in [0.717, 1.165) is 24.7 Å². The smallest absolute Gasteiger partial charge is 0.192 e. The Bertz CT molecular complexity index is 428. The Hall–Kier alpha value is -0.610. The number of pyridine rings is 1. The summed E-state index contributed by atoms with van der Waals surface area (Å²) in [5.41, 5.74) is 0.910. The molecular weight excluding hydrogens is 222 g/mol. The van der Waals surface area contributed by atoms with Crippen molar-refractivity contribution in [2.24, 2.45) is 0 Å². The first-order valence-corrected chi connectivity index (χ1v) is 6.57. The van der Waals surface area contributed by atoms with Crippen LogP contribution in [0.15, 0.2) is 17.2 Å². The highest BCUT2D eigenvalue weighted by Gasteiger charge is 2.10. The van der Waals surface area contributed by atoms with Crippen LogP contribution in [-0.2, 0) is 16.3 Å². The van der Waals surface area contributed by atoms with Gasteiger partial charge in [-0.3, -0.25) is 0 Å². The average molecular weight is 234 g/mol. The third kappa shape index (κ3) is 2.96. The van der Waals surface area contributed by atoms with Gasteiger partial charge in [-0.15, -0.1) is 0 Å². The van der Waals surface area contributed by atoms with Crippen LogP contribution in [0.3, 0.4) is 0 Å². The lowest BCUT2D eigenvalue weighted by Crippen LogP contribution is -2.02. The summed E-state index contributed by atoms with van der Waals surface area (Å²) in [5, 5.41) is 0.282. The van der Waals surface area contributed by atoms with Crippen molar-refractivity contribution >= 4 is 21.4 Å². The van der Waals surface area contributed by atoms with Gasteiger partial charge in [-0.25, -0.2) is 13.4 Å². The molecule has 0 amide bonds. The molecule has 3 nitrogen and oxygen atoms in total. The summed E-state index contributed by atoms with van der Waals surface area (Å²) in [6.45, 7) is 2.02. The number of hydrogen-bond donors (Lipinski definition) is 0. The highest BCUT2D eigenvalue weighted by molar-refractivity contribution is 7.90. The van der Waals surface area contributed by atoms with Crippen LogP contribution in [0.1, 0.15) is 18.9 Å². The van der Waals surface area contributed by atoms with Crippen LogP contribution in [0.25, 0.3) is 0 Å². The van der Waals surface area contributed by atoms with Crippen LogP contribution in [0, 0.1) is 0 Å². The van der Waals surface area contributed by atoms with Gasteiger partial charge in [0.1, 0.15) is 5.15 Å². The van der Waals surface area contributed by atoms with Crippen molar-refractivity contribution in [2.45, 2.75) is 24.8 Å². The topological polar surface area (TPSA) is 47.0 Å². The van der Waals surface area contributed by atoms with Gasteiger partial charge in [-0.05, 0) is 24.1 Å². The lowest BCUT2D eigenvalue weighted by Gasteiger charge is -2.02. The first-order valence-electron chi connectivity index (χ1n) is 4.30. The van der Waals surface area contributed by atoms with E-state index in [1.54, 1.807) is 12.1 Å². The molecule has 5 heteroatoms. The van der Waals surface area contributed by atoms with E-state index in [2.05, 4.69) is 4.98 Å². The highest BCUT2D eigenvalue weighted by atomic mass is 35.5. The Balaban J connectivity index is 3.21. The summed E-state index contributed by atoms with van der Waals surface area (Å²) < 4.78 is 22.4. The molecule has 1 aromatic heterocycles. The van der Waals surface area contributed by atoms with Gasteiger partial charge in [0.05, 0.1) is 0 Å². The van der Waals surface area contributed by atoms with Crippen molar-refractivity contribution in [1.82, 2.24) is 4.98 Å². The molecule has 0 radical (unpaired) electrons. The number of halogens is 1. The van der Waals surface area contributed by atoms with Gasteiger partial charge in [-0.2, -0.15) is 0 Å². The molecule has 1 rings (SSSR count). The molecule has 0 bridgehead atoms. The molecule has 14 heavy (non-hydrogen) atoms. The summed E-state index contributed by atoms with van der Waals surface area (Å²) >= 11 is 5.72. The third-order valence-electron chi connectivity index (χ3n) is 1.75. The Morgan fingerprint density at radius 1 is 1.43 bits per heavy atom. The average Bonchev–Trinajstić information content (AvgIpc) is 2.02. The van der Waals surface area contributed by atoms with Crippen molar-refractivity contribution in [3.8, 4) is 0 Å². The molecule has 0 aliphatic carbocycles. The van der Waals surface area contributed by atoms with E-state index in [4.69, 9.17) is 11.6 Å². The molecular formula is C9H12ClNO2S. The standard InChI is InChI=1S/C9H12ClNO2S/c1-3-4-7-5-8(10)11-9(6-7)14(2,12)13/h5-6H,3-4H2,1-2H3. The Morgan fingerprint density at radius 2 is 2.07 bits per heavy atom. The summed E-state index contributed by atoms with van der Waals surface area (Å²) in [6.07, 6.45) is 2.88. The fourth-order valence-corrected chi connectivity index (χ4v) is 2.06. The molecule has 1 aromatic rings. The van der Waals surface area contributed by atoms with Crippen LogP contribution in [0.4, 0.5) is 0 Å². The minimum atomic E-state index is -3.26. The number of rotatable bonds is 3. The maximum absolute atomic E-state index is 11.2. The predicted octanol–water partition coefficient (Wildman–Crippen LogP) is 2.09. The van der Waals surface area contributed by atoms with Crippen molar-refractivity contribution in [1.29, 1.82) is 0 Å². The van der Waals surface area contributed by atoms with E-state index in [0.29, 0.717) is 0 Å². The minimum Gasteiger partial charge on any atom is -0.225 e. The number of nitrogens with zero attached hydrogens (tertiary/aromatic N) is 1. The number of aryl methyl sites for hydroxylation is 1. The third-order valence-corrected chi connectivity index (χ3v) is 2.91. The van der Waals surface area contributed by atoms with E-state index >= 15 is 0 Å². The molecule has 0 aromatic carbocycles. The number of aromatic nitrogens is 1. The molecule has 78 valence electrons. The van der Waals surface area contributed by atoms with E-state index in [9.17, 15) is 8.42 Å². The minimum absolute atomic E-state index is 0.0495. The Morgan fingerprint density at radius 3 is 2.57 bits per heavy atom. The zero-order valence-corrected chi connectivity index (χ0v) is 9.69. The van der Waals surface area contributed by atoms with Crippen LogP contribution in [0.5, 0.6) is 0 Å². The summed E-state index contributed by atoms with van der Waals surface area (Å²) in [6, 6.07) is 3.27. The number of hydrogen-bond acceptors (Lipinski definition) is 3. The lowest BCUT2D eigenvalue weighted by atomic mass is 10.2. The summed E-state index contributed by atoms with van der Waals surface area (Å²) in [4.78, 5) is 3.76. The van der Waals surface area contributed by atoms with E-state index in [1.165, 1.54) is 0 Å². The maximum Gasteiger partial charge on any atom is 0.192 e. The molecule has 0 saturated heterocycles. The normalized spacial score (nSPS) is 11.6. The quantitative estimate of drug-likeness (QED) is 0.752. The van der Waals surface area contributed by atoms with Crippen LogP contribution in [0.2, 0.25) is 5.15 Å². The van der Waals surface area contributed by atoms with Gasteiger partial charge >= 0.3 is 0 Å². The van der Waals surface area contributed by atoms with Crippen LogP contribution in [-0.4, -0.2) is 19.7 Å². The van der Waals surface area contributed by atoms with Gasteiger partial charge in [0.15, 0.2) is 14.9 Å². The zero-order chi connectivity index (χ0) is 10.8. The summed E-state index contributed by atoms with van der Waals surface area (Å²) in [5.74, 6) is 0. The largest absolute Gasteiger partial charge is 0.225 e. The lowest BCUT2D eigenvalue weighted by molar-refractivity contribution is 0.598. The molecule has 0 fully saturated rings. The van der Waals surface area contributed by atoms with E-state index in [1.807, 2.05) is 6.92 Å². The molecule has 0 atom stereocenters. The fraction of sp³-hybridized carbons (Fsp3) is 0.444. The Kier molecular flexibility index (Phi) is 3.50. The maximum atomic E-state index is 11.2. The summed E-state index contributed by atoms with van der Waals surface area (Å²) in [7, 11) is -3.26. The van der Waals surface area contributed by atoms with Gasteiger partial charge in [0.25, 0.3) is 0 Å². The van der Waals surface area contributed by atoms with Gasteiger partial charge in [-0.1, -0.05) is 24.9 Å². The first kappa shape index (κ1) is 11.5. The van der Waals surface area contributed by atoms with Gasteiger partial charge in [0.2, 0.25) is 0 Å². The second kappa shape index (κ2) is 4.28. The molecule has 0 spiro atoms. The molecule has 0 unspecified atom stereocenters. The van der Waals surface area contributed by atoms with Gasteiger partial charge < -0.3 is 0 Å². The molecule has 0 aliphatic rings. The number of sulfone groups is 1.